The van der Waals surface area contributed by atoms with E-state index in [9.17, 15) is 27.6 Å². The van der Waals surface area contributed by atoms with Crippen molar-refractivity contribution < 1.29 is 22.8 Å². The summed E-state index contributed by atoms with van der Waals surface area (Å²) in [6.45, 7) is 4.57. The zero-order chi connectivity index (χ0) is 22.9. The molecule has 0 unspecified atom stereocenters. The molecule has 2 N–H and O–H groups in total. The molecule has 7 nitrogen and oxygen atoms in total. The summed E-state index contributed by atoms with van der Waals surface area (Å²) in [6, 6.07) is 8.91. The number of carbonyl (C=O) groups excluding carboxylic acids is 2. The van der Waals surface area contributed by atoms with Crippen LogP contribution in [0.4, 0.5) is 24.5 Å². The van der Waals surface area contributed by atoms with Gasteiger partial charge in [0.1, 0.15) is 0 Å². The van der Waals surface area contributed by atoms with E-state index in [1.54, 1.807) is 26.0 Å². The third-order valence-corrected chi connectivity index (χ3v) is 4.43. The Hall–Kier alpha value is -3.69. The fourth-order valence-electron chi connectivity index (χ4n) is 3.07. The molecule has 2 aromatic carbocycles. The number of aromatic nitrogens is 2. The van der Waals surface area contributed by atoms with Crippen LogP contribution in [-0.4, -0.2) is 21.6 Å². The van der Waals surface area contributed by atoms with Crippen LogP contribution in [0.25, 0.3) is 10.8 Å². The number of hydrogen-bond acceptors (Lipinski definition) is 4. The van der Waals surface area contributed by atoms with Gasteiger partial charge < -0.3 is 10.6 Å². The Morgan fingerprint density at radius 3 is 2.26 bits per heavy atom. The van der Waals surface area contributed by atoms with Gasteiger partial charge in [0.25, 0.3) is 11.5 Å². The van der Waals surface area contributed by atoms with Crippen LogP contribution in [0.1, 0.15) is 42.9 Å². The van der Waals surface area contributed by atoms with Crippen molar-refractivity contribution in [2.24, 2.45) is 0 Å². The predicted molar refractivity (Wildman–Crippen MR) is 110 cm³/mol. The Bertz CT molecular complexity index is 1230. The summed E-state index contributed by atoms with van der Waals surface area (Å²) in [5, 5.41) is 9.08. The fourth-order valence-corrected chi connectivity index (χ4v) is 3.07. The molecule has 31 heavy (non-hydrogen) atoms. The molecule has 0 aliphatic heterocycles. The van der Waals surface area contributed by atoms with E-state index in [0.717, 1.165) is 16.8 Å². The zero-order valence-corrected chi connectivity index (χ0v) is 16.9. The first-order valence-corrected chi connectivity index (χ1v) is 9.30. The lowest BCUT2D eigenvalue weighted by Crippen LogP contribution is -2.29. The molecule has 0 spiro atoms. The topological polar surface area (TPSA) is 93.1 Å². The maximum atomic E-state index is 13.6. The third kappa shape index (κ3) is 4.57. The van der Waals surface area contributed by atoms with Crippen molar-refractivity contribution in [3.05, 3.63) is 64.1 Å². The van der Waals surface area contributed by atoms with Crippen LogP contribution in [-0.2, 0) is 11.0 Å². The highest BCUT2D eigenvalue weighted by molar-refractivity contribution is 6.11. The van der Waals surface area contributed by atoms with E-state index >= 15 is 0 Å². The van der Waals surface area contributed by atoms with Crippen LogP contribution >= 0.6 is 0 Å². The largest absolute Gasteiger partial charge is 0.418 e. The highest BCUT2D eigenvalue weighted by atomic mass is 19.4. The second-order valence-corrected chi connectivity index (χ2v) is 7.13. The van der Waals surface area contributed by atoms with Crippen molar-refractivity contribution in [2.45, 2.75) is 33.0 Å². The minimum Gasteiger partial charge on any atom is -0.326 e. The summed E-state index contributed by atoms with van der Waals surface area (Å²) in [4.78, 5) is 36.7. The summed E-state index contributed by atoms with van der Waals surface area (Å²) in [5.41, 5.74) is -2.27. The maximum Gasteiger partial charge on any atom is 0.418 e. The highest BCUT2D eigenvalue weighted by Crippen LogP contribution is 2.37. The monoisotopic (exact) mass is 432 g/mol. The quantitative estimate of drug-likeness (QED) is 0.646. The third-order valence-electron chi connectivity index (χ3n) is 4.43. The van der Waals surface area contributed by atoms with Crippen LogP contribution in [0.3, 0.4) is 0 Å². The summed E-state index contributed by atoms with van der Waals surface area (Å²) in [5.74, 6) is -1.43. The molecule has 162 valence electrons. The number of benzene rings is 2. The number of fused-ring (bicyclic) bond motifs is 1. The summed E-state index contributed by atoms with van der Waals surface area (Å²) in [6.07, 6.45) is -4.79. The molecule has 1 aromatic heterocycles. The van der Waals surface area contributed by atoms with Crippen molar-refractivity contribution in [2.75, 3.05) is 10.6 Å². The van der Waals surface area contributed by atoms with Crippen LogP contribution in [0.15, 0.2) is 47.3 Å². The minimum absolute atomic E-state index is 0.0604. The Morgan fingerprint density at radius 2 is 1.68 bits per heavy atom. The number of carbonyl (C=O) groups is 2. The van der Waals surface area contributed by atoms with E-state index in [0.29, 0.717) is 0 Å². The Morgan fingerprint density at radius 1 is 1.03 bits per heavy atom. The first-order valence-electron chi connectivity index (χ1n) is 9.30. The second-order valence-electron chi connectivity index (χ2n) is 7.13. The van der Waals surface area contributed by atoms with Crippen LogP contribution in [0.5, 0.6) is 0 Å². The van der Waals surface area contributed by atoms with Gasteiger partial charge in [-0.05, 0) is 38.1 Å². The van der Waals surface area contributed by atoms with E-state index in [4.69, 9.17) is 0 Å². The SMILES string of the molecule is CC(=O)Nc1ccc(NC(=O)c2nn(C(C)C)c(=O)c3ccccc23)c(C(F)(F)F)c1. The van der Waals surface area contributed by atoms with Crippen molar-refractivity contribution >= 4 is 34.0 Å². The van der Waals surface area contributed by atoms with Gasteiger partial charge in [-0.15, -0.1) is 0 Å². The zero-order valence-electron chi connectivity index (χ0n) is 16.9. The van der Waals surface area contributed by atoms with Gasteiger partial charge in [0.2, 0.25) is 5.91 Å². The smallest absolute Gasteiger partial charge is 0.326 e. The molecule has 0 radical (unpaired) electrons. The molecular weight excluding hydrogens is 413 g/mol. The number of nitrogens with one attached hydrogen (secondary N) is 2. The van der Waals surface area contributed by atoms with Gasteiger partial charge in [-0.1, -0.05) is 18.2 Å². The minimum atomic E-state index is -4.79. The average molecular weight is 432 g/mol. The van der Waals surface area contributed by atoms with Crippen LogP contribution < -0.4 is 16.2 Å². The molecule has 10 heteroatoms. The van der Waals surface area contributed by atoms with Crippen molar-refractivity contribution in [1.82, 2.24) is 9.78 Å². The van der Waals surface area contributed by atoms with Crippen molar-refractivity contribution in [1.29, 1.82) is 0 Å². The predicted octanol–water partition coefficient (Wildman–Crippen LogP) is 4.21. The molecule has 1 heterocycles. The van der Waals surface area contributed by atoms with Crippen LogP contribution in [0, 0.1) is 0 Å². The normalized spacial score (nSPS) is 11.6. The molecule has 0 saturated heterocycles. The Balaban J connectivity index is 2.10. The van der Waals surface area contributed by atoms with Gasteiger partial charge in [-0.25, -0.2) is 4.68 Å². The Labute approximate surface area is 174 Å². The number of amides is 2. The molecule has 0 aliphatic carbocycles. The Kier molecular flexibility index (Phi) is 5.83. The van der Waals surface area contributed by atoms with E-state index in [2.05, 4.69) is 15.7 Å². The molecule has 0 atom stereocenters. The lowest BCUT2D eigenvalue weighted by molar-refractivity contribution is -0.137. The fraction of sp³-hybridized carbons (Fsp3) is 0.238. The number of rotatable bonds is 4. The lowest BCUT2D eigenvalue weighted by Gasteiger charge is -2.17. The van der Waals surface area contributed by atoms with Crippen molar-refractivity contribution in [3.8, 4) is 0 Å². The standard InChI is InChI=1S/C21H19F3N4O3/c1-11(2)28-20(31)15-7-5-4-6-14(15)18(27-28)19(30)26-17-9-8-13(25-12(3)29)10-16(17)21(22,23)24/h4-11H,1-3H3,(H,25,29)(H,26,30). The number of anilines is 2. The number of nitrogens with zero attached hydrogens (tertiary/aromatic N) is 2. The number of halogens is 3. The molecule has 3 aromatic rings. The summed E-state index contributed by atoms with van der Waals surface area (Å²) in [7, 11) is 0. The van der Waals surface area contributed by atoms with Gasteiger partial charge in [-0.2, -0.15) is 18.3 Å². The summed E-state index contributed by atoms with van der Waals surface area (Å²) < 4.78 is 41.8. The van der Waals surface area contributed by atoms with Crippen LogP contribution in [0.2, 0.25) is 0 Å². The molecule has 3 rings (SSSR count). The summed E-state index contributed by atoms with van der Waals surface area (Å²) >= 11 is 0. The van der Waals surface area contributed by atoms with Gasteiger partial charge in [0.05, 0.1) is 22.7 Å². The van der Waals surface area contributed by atoms with E-state index in [1.165, 1.54) is 25.1 Å². The van der Waals surface area contributed by atoms with Gasteiger partial charge in [0.15, 0.2) is 5.69 Å². The van der Waals surface area contributed by atoms with E-state index in [1.807, 2.05) is 0 Å². The number of alkyl halides is 3. The maximum absolute atomic E-state index is 13.6. The molecule has 0 bridgehead atoms. The van der Waals surface area contributed by atoms with E-state index in [-0.39, 0.29) is 28.2 Å². The van der Waals surface area contributed by atoms with Gasteiger partial charge in [0, 0.05) is 18.0 Å². The lowest BCUT2D eigenvalue weighted by atomic mass is 10.1. The first kappa shape index (κ1) is 22.0. The highest BCUT2D eigenvalue weighted by Gasteiger charge is 2.34. The number of hydrogen-bond donors (Lipinski definition) is 2. The van der Waals surface area contributed by atoms with Gasteiger partial charge in [-0.3, -0.25) is 14.4 Å². The van der Waals surface area contributed by atoms with Crippen molar-refractivity contribution in [3.63, 3.8) is 0 Å². The molecular formula is C21H19F3N4O3. The molecule has 0 fully saturated rings. The van der Waals surface area contributed by atoms with Gasteiger partial charge >= 0.3 is 6.18 Å². The second kappa shape index (κ2) is 8.21. The molecule has 0 saturated carbocycles. The average Bonchev–Trinajstić information content (AvgIpc) is 2.68. The molecule has 2 amide bonds. The first-order chi connectivity index (χ1) is 14.5. The molecule has 0 aliphatic rings. The van der Waals surface area contributed by atoms with E-state index < -0.39 is 34.8 Å².